The van der Waals surface area contributed by atoms with Crippen molar-refractivity contribution in [3.63, 3.8) is 0 Å². The van der Waals surface area contributed by atoms with Crippen LogP contribution in [0.1, 0.15) is 90.8 Å². The number of hydrogen-bond acceptors (Lipinski definition) is 6. The second-order valence-corrected chi connectivity index (χ2v) is 11.4. The molecule has 6 heteroatoms. The van der Waals surface area contributed by atoms with E-state index in [9.17, 15) is 14.7 Å². The number of nitrogens with zero attached hydrogens (tertiary/aromatic N) is 1. The molecule has 0 fully saturated rings. The molecule has 0 saturated heterocycles. The monoisotopic (exact) mass is 489 g/mol. The number of aliphatic hydroxyl groups excluding tert-OH is 1. The van der Waals surface area contributed by atoms with Gasteiger partial charge in [-0.05, 0) is 70.4 Å². The third kappa shape index (κ3) is 8.46. The summed E-state index contributed by atoms with van der Waals surface area (Å²) in [6.45, 7) is 13.9. The molecule has 6 atom stereocenters. The number of cyclic esters (lactones) is 1. The van der Waals surface area contributed by atoms with Crippen LogP contribution in [0.3, 0.4) is 0 Å². The molecule has 1 aromatic heterocycles. The van der Waals surface area contributed by atoms with Gasteiger partial charge in [-0.2, -0.15) is 0 Å². The Morgan fingerprint density at radius 1 is 1.12 bits per heavy atom. The molecule has 2 rings (SSSR count). The number of esters is 1. The smallest absolute Gasteiger partial charge is 0.306 e. The molecule has 0 aliphatic carbocycles. The lowest BCUT2D eigenvalue weighted by Gasteiger charge is -2.26. The molecule has 1 N–H and O–H groups in total. The van der Waals surface area contributed by atoms with Crippen molar-refractivity contribution in [3.8, 4) is 0 Å². The molecule has 1 aromatic rings. The highest BCUT2D eigenvalue weighted by Crippen LogP contribution is 2.27. The van der Waals surface area contributed by atoms with E-state index in [1.807, 2.05) is 46.1 Å². The van der Waals surface area contributed by atoms with Crippen LogP contribution < -0.4 is 0 Å². The Hall–Kier alpha value is -1.79. The van der Waals surface area contributed by atoms with E-state index in [0.717, 1.165) is 35.5 Å². The normalized spacial score (nSPS) is 33.1. The van der Waals surface area contributed by atoms with Gasteiger partial charge in [0, 0.05) is 29.6 Å². The van der Waals surface area contributed by atoms with Crippen molar-refractivity contribution in [2.24, 2.45) is 23.7 Å². The number of allylic oxidation sites excluding steroid dienone is 1. The van der Waals surface area contributed by atoms with Gasteiger partial charge in [-0.15, -0.1) is 11.3 Å². The number of aryl methyl sites for hydroxylation is 1. The van der Waals surface area contributed by atoms with Crippen molar-refractivity contribution in [1.82, 2.24) is 4.98 Å². The summed E-state index contributed by atoms with van der Waals surface area (Å²) in [5.41, 5.74) is 3.11. The average molecular weight is 490 g/mol. The van der Waals surface area contributed by atoms with Gasteiger partial charge in [0.1, 0.15) is 11.9 Å². The first-order valence-corrected chi connectivity index (χ1v) is 13.6. The topological polar surface area (TPSA) is 76.5 Å². The lowest BCUT2D eigenvalue weighted by molar-refractivity contribution is -0.149. The number of aromatic nitrogens is 1. The van der Waals surface area contributed by atoms with Crippen LogP contribution >= 0.6 is 11.3 Å². The highest BCUT2D eigenvalue weighted by molar-refractivity contribution is 7.09. The highest BCUT2D eigenvalue weighted by Gasteiger charge is 2.30. The summed E-state index contributed by atoms with van der Waals surface area (Å²) in [6, 6.07) is 0. The van der Waals surface area contributed by atoms with Crippen LogP contribution in [0.15, 0.2) is 22.6 Å². The van der Waals surface area contributed by atoms with Crippen molar-refractivity contribution in [1.29, 1.82) is 0 Å². The molecule has 1 aliphatic rings. The lowest BCUT2D eigenvalue weighted by atomic mass is 9.82. The molecule has 0 aromatic carbocycles. The summed E-state index contributed by atoms with van der Waals surface area (Å²) in [5.74, 6) is -0.646. The van der Waals surface area contributed by atoms with Crippen LogP contribution in [-0.2, 0) is 14.3 Å². The number of carbonyl (C=O) groups excluding carboxylic acids is 2. The number of ketones is 1. The summed E-state index contributed by atoms with van der Waals surface area (Å²) in [6.07, 6.45) is 7.43. The number of thiazole rings is 1. The first-order chi connectivity index (χ1) is 16.0. The quantitative estimate of drug-likeness (QED) is 0.377. The Kier molecular flexibility index (Phi) is 11.2. The third-order valence-electron chi connectivity index (χ3n) is 7.02. The number of carbonyl (C=O) groups is 2. The molecule has 1 aliphatic heterocycles. The minimum absolute atomic E-state index is 0.0270. The first kappa shape index (κ1) is 28.4. The van der Waals surface area contributed by atoms with Gasteiger partial charge < -0.3 is 9.84 Å². The summed E-state index contributed by atoms with van der Waals surface area (Å²) in [4.78, 5) is 30.1. The van der Waals surface area contributed by atoms with E-state index in [1.54, 1.807) is 11.3 Å². The van der Waals surface area contributed by atoms with Crippen molar-refractivity contribution < 1.29 is 19.4 Å². The molecule has 0 spiro atoms. The minimum Gasteiger partial charge on any atom is -0.457 e. The minimum atomic E-state index is -0.634. The van der Waals surface area contributed by atoms with Crippen LogP contribution in [0, 0.1) is 30.6 Å². The van der Waals surface area contributed by atoms with Crippen molar-refractivity contribution in [2.75, 3.05) is 0 Å². The predicted octanol–water partition coefficient (Wildman–Crippen LogP) is 6.54. The molecular weight excluding hydrogens is 446 g/mol. The largest absolute Gasteiger partial charge is 0.457 e. The maximum atomic E-state index is 12.8. The van der Waals surface area contributed by atoms with E-state index in [1.165, 1.54) is 5.57 Å². The highest BCUT2D eigenvalue weighted by atomic mass is 32.1. The molecule has 0 saturated carbocycles. The summed E-state index contributed by atoms with van der Waals surface area (Å²) in [5, 5.41) is 13.8. The van der Waals surface area contributed by atoms with Gasteiger partial charge >= 0.3 is 5.97 Å². The van der Waals surface area contributed by atoms with Gasteiger partial charge in [0.05, 0.1) is 16.8 Å². The second kappa shape index (κ2) is 13.3. The van der Waals surface area contributed by atoms with Gasteiger partial charge in [-0.1, -0.05) is 39.3 Å². The molecule has 0 amide bonds. The maximum absolute atomic E-state index is 12.8. The van der Waals surface area contributed by atoms with Crippen molar-refractivity contribution in [3.05, 3.63) is 33.3 Å². The molecule has 2 heterocycles. The Labute approximate surface area is 209 Å². The average Bonchev–Trinajstić information content (AvgIpc) is 3.19. The Morgan fingerprint density at radius 3 is 2.44 bits per heavy atom. The fourth-order valence-corrected chi connectivity index (χ4v) is 5.45. The molecule has 34 heavy (non-hydrogen) atoms. The fourth-order valence-electron chi connectivity index (χ4n) is 4.88. The number of ether oxygens (including phenoxy) is 1. The number of aliphatic hydroxyl groups is 1. The lowest BCUT2D eigenvalue weighted by Crippen LogP contribution is -2.34. The van der Waals surface area contributed by atoms with E-state index in [-0.39, 0.29) is 42.0 Å². The molecule has 0 bridgehead atoms. The van der Waals surface area contributed by atoms with Crippen LogP contribution in [0.25, 0.3) is 6.08 Å². The Balaban J connectivity index is 2.26. The van der Waals surface area contributed by atoms with Gasteiger partial charge in [-0.3, -0.25) is 9.59 Å². The zero-order valence-corrected chi connectivity index (χ0v) is 22.8. The second-order valence-electron chi connectivity index (χ2n) is 10.3. The third-order valence-corrected chi connectivity index (χ3v) is 7.81. The molecule has 5 nitrogen and oxygen atoms in total. The van der Waals surface area contributed by atoms with Crippen LogP contribution in [0.2, 0.25) is 0 Å². The van der Waals surface area contributed by atoms with E-state index in [0.29, 0.717) is 12.8 Å². The molecule has 0 radical (unpaired) electrons. The van der Waals surface area contributed by atoms with Crippen LogP contribution in [-0.4, -0.2) is 34.1 Å². The SMILES string of the molecule is C/C1=C/C(C)C(/C(C)=C/c2csc(C)n2)OC(=O)CCCC(C)C(=O)[C@H](C)C(O)[C@@H](C)CCC1. The maximum Gasteiger partial charge on any atom is 0.306 e. The summed E-state index contributed by atoms with van der Waals surface area (Å²) in [7, 11) is 0. The van der Waals surface area contributed by atoms with E-state index in [2.05, 4.69) is 24.9 Å². The van der Waals surface area contributed by atoms with Gasteiger partial charge in [0.2, 0.25) is 0 Å². The van der Waals surface area contributed by atoms with E-state index in [4.69, 9.17) is 4.74 Å². The van der Waals surface area contributed by atoms with Crippen LogP contribution in [0.5, 0.6) is 0 Å². The number of Topliss-reactive ketones (excluding diaryl/α,β-unsaturated/α-hetero) is 1. The molecule has 4 unspecified atom stereocenters. The van der Waals surface area contributed by atoms with Crippen molar-refractivity contribution >= 4 is 29.2 Å². The van der Waals surface area contributed by atoms with Gasteiger partial charge in [-0.25, -0.2) is 4.98 Å². The Bertz CT molecular complexity index is 887. The number of hydrogen-bond donors (Lipinski definition) is 1. The zero-order valence-electron chi connectivity index (χ0n) is 22.0. The molecule has 190 valence electrons. The molecular formula is C28H43NO4S. The number of rotatable bonds is 2. The fraction of sp³-hybridized carbons (Fsp3) is 0.679. The van der Waals surface area contributed by atoms with Crippen LogP contribution in [0.4, 0.5) is 0 Å². The van der Waals surface area contributed by atoms with Gasteiger partial charge in [0.15, 0.2) is 0 Å². The van der Waals surface area contributed by atoms with E-state index >= 15 is 0 Å². The summed E-state index contributed by atoms with van der Waals surface area (Å²) < 4.78 is 5.99. The zero-order chi connectivity index (χ0) is 25.4. The predicted molar refractivity (Wildman–Crippen MR) is 140 cm³/mol. The van der Waals surface area contributed by atoms with Gasteiger partial charge in [0.25, 0.3) is 0 Å². The standard InChI is InChI=1S/C28H43NO4S/c1-17-10-8-11-18(2)26(31)22(6)27(32)19(3)12-9-13-25(30)33-28(20(4)14-17)21(5)15-24-16-34-23(7)29-24/h14-16,18-20,22,26,28,31H,8-13H2,1-7H3/b17-14-,21-15+/t18-,19?,20?,22+,26?,28?/m0/s1. The van der Waals surface area contributed by atoms with E-state index < -0.39 is 12.0 Å². The summed E-state index contributed by atoms with van der Waals surface area (Å²) >= 11 is 1.60. The van der Waals surface area contributed by atoms with Crippen molar-refractivity contribution in [2.45, 2.75) is 99.2 Å². The Morgan fingerprint density at radius 2 is 1.79 bits per heavy atom. The first-order valence-electron chi connectivity index (χ1n) is 12.7.